The topological polar surface area (TPSA) is 124 Å². The third-order valence-electron chi connectivity index (χ3n) is 8.99. The lowest BCUT2D eigenvalue weighted by atomic mass is 9.51. The number of aliphatic hydroxyl groups excluding tert-OH is 1. The van der Waals surface area contributed by atoms with Gasteiger partial charge in [0, 0.05) is 5.92 Å². The zero-order valence-corrected chi connectivity index (χ0v) is 22.2. The Kier molecular flexibility index (Phi) is 6.32. The van der Waals surface area contributed by atoms with E-state index >= 15 is 0 Å². The number of hydrogen-bond acceptors (Lipinski definition) is 7. The molecule has 2 heterocycles. The van der Waals surface area contributed by atoms with Crippen molar-refractivity contribution in [2.24, 2.45) is 29.1 Å². The van der Waals surface area contributed by atoms with Gasteiger partial charge >= 0.3 is 0 Å². The first kappa shape index (κ1) is 26.6. The van der Waals surface area contributed by atoms with E-state index in [1.165, 1.54) is 12.1 Å². The minimum Gasteiger partial charge on any atom is -0.491 e. The number of anilines is 1. The number of amides is 4. The highest BCUT2D eigenvalue weighted by Gasteiger charge is 2.67. The number of imide groups is 2. The van der Waals surface area contributed by atoms with Crippen LogP contribution in [-0.4, -0.2) is 52.2 Å². The summed E-state index contributed by atoms with van der Waals surface area (Å²) in [6.07, 6.45) is 2.21. The minimum absolute atomic E-state index is 0.106. The zero-order chi connectivity index (χ0) is 28.5. The highest BCUT2D eigenvalue weighted by atomic mass is 35.5. The van der Waals surface area contributed by atoms with Crippen molar-refractivity contribution in [2.45, 2.75) is 25.7 Å². The average molecular weight is 569 g/mol. The van der Waals surface area contributed by atoms with Crippen LogP contribution in [0, 0.1) is 34.9 Å². The molecule has 4 aliphatic rings. The second kappa shape index (κ2) is 9.50. The van der Waals surface area contributed by atoms with E-state index in [1.54, 1.807) is 31.2 Å². The van der Waals surface area contributed by atoms with Gasteiger partial charge in [-0.2, -0.15) is 5.06 Å². The maximum atomic E-state index is 14.3. The maximum absolute atomic E-state index is 14.3. The summed E-state index contributed by atoms with van der Waals surface area (Å²) >= 11 is 6.00. The zero-order valence-electron chi connectivity index (χ0n) is 21.4. The van der Waals surface area contributed by atoms with Crippen LogP contribution < -0.4 is 9.64 Å². The van der Waals surface area contributed by atoms with Crippen LogP contribution in [0.5, 0.6) is 5.75 Å². The van der Waals surface area contributed by atoms with Crippen molar-refractivity contribution >= 4 is 40.9 Å². The Morgan fingerprint density at radius 2 is 1.77 bits per heavy atom. The molecule has 3 fully saturated rings. The fraction of sp³-hybridized carbons (Fsp3) is 0.379. The van der Waals surface area contributed by atoms with Crippen LogP contribution >= 0.6 is 11.6 Å². The predicted molar refractivity (Wildman–Crippen MR) is 139 cm³/mol. The van der Waals surface area contributed by atoms with Gasteiger partial charge in [0.1, 0.15) is 18.2 Å². The van der Waals surface area contributed by atoms with Crippen molar-refractivity contribution in [3.8, 4) is 5.75 Å². The molecule has 40 heavy (non-hydrogen) atoms. The molecule has 2 aromatic rings. The number of hydrogen-bond donors (Lipinski definition) is 2. The number of benzene rings is 2. The van der Waals surface area contributed by atoms with Gasteiger partial charge in [0.25, 0.3) is 11.8 Å². The van der Waals surface area contributed by atoms with Crippen LogP contribution in [0.15, 0.2) is 54.1 Å². The van der Waals surface area contributed by atoms with Gasteiger partial charge in [0.05, 0.1) is 40.5 Å². The summed E-state index contributed by atoms with van der Waals surface area (Å²) in [5.41, 5.74) is 0.342. The highest BCUT2D eigenvalue weighted by Crippen LogP contribution is 2.63. The number of carbonyl (C=O) groups excluding carboxylic acids is 4. The lowest BCUT2D eigenvalue weighted by molar-refractivity contribution is -0.173. The fourth-order valence-electron chi connectivity index (χ4n) is 7.17. The molecule has 2 aliphatic heterocycles. The summed E-state index contributed by atoms with van der Waals surface area (Å²) in [4.78, 5) is 54.9. The maximum Gasteiger partial charge on any atom is 0.257 e. The van der Waals surface area contributed by atoms with Gasteiger partial charge in [0.15, 0.2) is 0 Å². The van der Waals surface area contributed by atoms with E-state index in [2.05, 4.69) is 0 Å². The molecular weight excluding hydrogens is 543 g/mol. The van der Waals surface area contributed by atoms with Gasteiger partial charge in [-0.15, -0.1) is 0 Å². The first-order valence-electron chi connectivity index (χ1n) is 13.0. The number of hydroxylamine groups is 2. The predicted octanol–water partition coefficient (Wildman–Crippen LogP) is 3.47. The van der Waals surface area contributed by atoms with E-state index in [1.807, 2.05) is 6.08 Å². The third kappa shape index (κ3) is 3.66. The van der Waals surface area contributed by atoms with E-state index in [0.29, 0.717) is 11.3 Å². The van der Waals surface area contributed by atoms with Crippen molar-refractivity contribution in [3.63, 3.8) is 0 Å². The van der Waals surface area contributed by atoms with Gasteiger partial charge in [-0.3, -0.25) is 24.4 Å². The summed E-state index contributed by atoms with van der Waals surface area (Å²) in [5, 5.41) is 19.2. The lowest BCUT2D eigenvalue weighted by Crippen LogP contribution is -2.48. The van der Waals surface area contributed by atoms with Gasteiger partial charge in [-0.25, -0.2) is 9.29 Å². The van der Waals surface area contributed by atoms with Crippen molar-refractivity contribution < 1.29 is 38.6 Å². The molecule has 0 radical (unpaired) electrons. The number of ether oxygens (including phenoxy) is 1. The summed E-state index contributed by atoms with van der Waals surface area (Å²) in [7, 11) is 0. The Bertz CT molecular complexity index is 1480. The molecule has 6 rings (SSSR count). The van der Waals surface area contributed by atoms with Gasteiger partial charge < -0.3 is 9.84 Å². The summed E-state index contributed by atoms with van der Waals surface area (Å²) in [6, 6.07) is 10.6. The molecule has 4 amide bonds. The molecule has 11 heteroatoms. The number of aliphatic hydroxyl groups is 1. The number of rotatable bonds is 5. The molecule has 0 bridgehead atoms. The number of allylic oxidation sites excluding steroid dienone is 2. The molecule has 2 aromatic carbocycles. The number of nitrogens with zero attached hydrogens (tertiary/aromatic N) is 2. The van der Waals surface area contributed by atoms with Crippen molar-refractivity contribution in [1.82, 2.24) is 5.06 Å². The van der Waals surface area contributed by atoms with Crippen LogP contribution in [0.3, 0.4) is 0 Å². The molecule has 2 aliphatic carbocycles. The molecule has 2 N–H and O–H groups in total. The van der Waals surface area contributed by atoms with Gasteiger partial charge in [0.2, 0.25) is 11.8 Å². The summed E-state index contributed by atoms with van der Waals surface area (Å²) < 4.78 is 19.4. The molecule has 0 aromatic heterocycles. The Hall–Kier alpha value is -3.60. The number of halogens is 2. The summed E-state index contributed by atoms with van der Waals surface area (Å²) in [6.45, 7) is 1.68. The van der Waals surface area contributed by atoms with E-state index < -0.39 is 64.5 Å². The molecule has 208 valence electrons. The minimum atomic E-state index is -1.27. The fourth-order valence-corrected chi connectivity index (χ4v) is 7.34. The molecule has 0 unspecified atom stereocenters. The molecule has 2 saturated heterocycles. The third-order valence-corrected chi connectivity index (χ3v) is 9.28. The lowest BCUT2D eigenvalue weighted by Gasteiger charge is -2.49. The van der Waals surface area contributed by atoms with Crippen LogP contribution in [-0.2, 0) is 19.2 Å². The Labute approximate surface area is 233 Å². The van der Waals surface area contributed by atoms with Crippen molar-refractivity contribution in [3.05, 3.63) is 70.5 Å². The Morgan fingerprint density at radius 3 is 2.45 bits per heavy atom. The Balaban J connectivity index is 1.49. The van der Waals surface area contributed by atoms with E-state index in [0.717, 1.165) is 16.5 Å². The van der Waals surface area contributed by atoms with Crippen LogP contribution in [0.25, 0.3) is 0 Å². The Morgan fingerprint density at radius 1 is 1.05 bits per heavy atom. The average Bonchev–Trinajstić information content (AvgIpc) is 3.28. The smallest absolute Gasteiger partial charge is 0.257 e. The number of carbonyl (C=O) groups is 4. The second-order valence-electron chi connectivity index (χ2n) is 10.9. The number of fused-ring (bicyclic) bond motifs is 4. The second-order valence-corrected chi connectivity index (χ2v) is 11.3. The van der Waals surface area contributed by atoms with E-state index in [4.69, 9.17) is 21.4 Å². The van der Waals surface area contributed by atoms with Crippen LogP contribution in [0.4, 0.5) is 10.1 Å². The molecule has 0 spiro atoms. The van der Waals surface area contributed by atoms with Crippen LogP contribution in [0.1, 0.15) is 31.2 Å². The van der Waals surface area contributed by atoms with Gasteiger partial charge in [-0.1, -0.05) is 35.4 Å². The normalized spacial score (nSPS) is 31.2. The standard InChI is InChI=1S/C29H26ClFN2O7/c1-29-20(26(36)32(28(29)38)15-4-9-22(31)21(30)12-15)13-19-17(7-8-18-23(19)27(37)33(39)25(18)35)24(29)14-2-5-16(6-3-14)40-11-10-34/h2-7,9,12,18-20,23-24,34,39H,8,10-11,13H2,1H3/t18-,19+,20-,23-,24-,29+/m0/s1. The largest absolute Gasteiger partial charge is 0.491 e. The first-order chi connectivity index (χ1) is 19.1. The quantitative estimate of drug-likeness (QED) is 0.321. The molecule has 6 atom stereocenters. The summed E-state index contributed by atoms with van der Waals surface area (Å²) in [5.74, 6) is -6.20. The molecule has 1 saturated carbocycles. The molecule has 9 nitrogen and oxygen atoms in total. The monoisotopic (exact) mass is 568 g/mol. The SMILES string of the molecule is C[C@@]12C(=O)N(c3ccc(F)c(Cl)c3)C(=O)[C@@H]1C[C@@H]1C(=CC[C@@H]3C(=O)N(O)C(=O)[C@@H]31)[C@@H]2c1ccc(OCCO)cc1. The van der Waals surface area contributed by atoms with Crippen molar-refractivity contribution in [2.75, 3.05) is 18.1 Å². The van der Waals surface area contributed by atoms with Crippen molar-refractivity contribution in [1.29, 1.82) is 0 Å². The van der Waals surface area contributed by atoms with E-state index in [9.17, 15) is 28.8 Å². The van der Waals surface area contributed by atoms with E-state index in [-0.39, 0.29) is 41.8 Å². The van der Waals surface area contributed by atoms with Crippen LogP contribution in [0.2, 0.25) is 5.02 Å². The highest BCUT2D eigenvalue weighted by molar-refractivity contribution is 6.31. The molecular formula is C29H26ClFN2O7. The first-order valence-corrected chi connectivity index (χ1v) is 13.4. The van der Waals surface area contributed by atoms with Gasteiger partial charge in [-0.05, 0) is 61.6 Å².